The zero-order valence-electron chi connectivity index (χ0n) is 17.6. The van der Waals surface area contributed by atoms with Gasteiger partial charge in [0.15, 0.2) is 5.50 Å². The minimum absolute atomic E-state index is 0.0225. The van der Waals surface area contributed by atoms with Crippen molar-refractivity contribution in [2.45, 2.75) is 83.9 Å². The fourth-order valence-corrected chi connectivity index (χ4v) is 3.63. The maximum atomic E-state index is 14.1. The summed E-state index contributed by atoms with van der Waals surface area (Å²) in [6.45, 7) is 10.6. The van der Waals surface area contributed by atoms with E-state index in [0.29, 0.717) is 12.0 Å². The number of unbranched alkanes of at least 4 members (excludes halogenated alkanes) is 1. The van der Waals surface area contributed by atoms with Crippen molar-refractivity contribution in [3.63, 3.8) is 0 Å². The first-order chi connectivity index (χ1) is 12.6. The quantitative estimate of drug-likeness (QED) is 0.497. The Balaban J connectivity index is 2.88. The molecule has 1 rings (SSSR count). The Labute approximate surface area is 168 Å². The van der Waals surface area contributed by atoms with Crippen molar-refractivity contribution in [3.05, 3.63) is 35.4 Å². The van der Waals surface area contributed by atoms with Gasteiger partial charge in [-0.2, -0.15) is 0 Å². The third kappa shape index (κ3) is 8.22. The van der Waals surface area contributed by atoms with E-state index in [2.05, 4.69) is 20.8 Å². The lowest BCUT2D eigenvalue weighted by atomic mass is 9.78. The van der Waals surface area contributed by atoms with Gasteiger partial charge in [0.2, 0.25) is 0 Å². The SMILES string of the molecule is CCCCC(OC(=O)c1ccc(C(CC(C)(C)C)C(C)N)cc1)C(F)SC. The Hall–Kier alpha value is -1.07. The number of alkyl halides is 1. The molecule has 0 fully saturated rings. The third-order valence-corrected chi connectivity index (χ3v) is 5.41. The summed E-state index contributed by atoms with van der Waals surface area (Å²) in [5.41, 5.74) is 6.73. The molecule has 1 aromatic carbocycles. The standard InChI is InChI=1S/C22H36FNO2S/c1-7-8-9-19(20(23)27-6)26-21(25)17-12-10-16(11-13-17)18(15(2)24)14-22(3,4)5/h10-13,15,18-20H,7-9,14,24H2,1-6H3. The molecule has 1 aromatic rings. The van der Waals surface area contributed by atoms with Crippen molar-refractivity contribution < 1.29 is 13.9 Å². The second-order valence-electron chi connectivity index (χ2n) is 8.53. The number of halogens is 1. The fourth-order valence-electron chi connectivity index (χ4n) is 3.14. The van der Waals surface area contributed by atoms with Gasteiger partial charge in [0.1, 0.15) is 6.10 Å². The molecule has 0 spiro atoms. The molecule has 0 radical (unpaired) electrons. The number of hydrogen-bond donors (Lipinski definition) is 1. The average Bonchev–Trinajstić information content (AvgIpc) is 2.61. The Bertz CT molecular complexity index is 569. The van der Waals surface area contributed by atoms with Crippen molar-refractivity contribution in [2.75, 3.05) is 6.26 Å². The van der Waals surface area contributed by atoms with E-state index in [1.165, 1.54) is 0 Å². The molecule has 27 heavy (non-hydrogen) atoms. The highest BCUT2D eigenvalue weighted by molar-refractivity contribution is 7.99. The molecule has 0 aliphatic rings. The van der Waals surface area contributed by atoms with E-state index in [9.17, 15) is 9.18 Å². The summed E-state index contributed by atoms with van der Waals surface area (Å²) >= 11 is 1.08. The number of hydrogen-bond acceptors (Lipinski definition) is 4. The van der Waals surface area contributed by atoms with E-state index >= 15 is 0 Å². The number of rotatable bonds is 10. The summed E-state index contributed by atoms with van der Waals surface area (Å²) in [6.07, 6.45) is 4.27. The molecule has 0 amide bonds. The first-order valence-electron chi connectivity index (χ1n) is 9.82. The van der Waals surface area contributed by atoms with Crippen molar-refractivity contribution in [3.8, 4) is 0 Å². The van der Waals surface area contributed by atoms with Crippen LogP contribution < -0.4 is 5.73 Å². The second kappa shape index (κ2) is 11.1. The molecule has 0 aliphatic heterocycles. The Morgan fingerprint density at radius 1 is 1.26 bits per heavy atom. The van der Waals surface area contributed by atoms with Crippen molar-refractivity contribution >= 4 is 17.7 Å². The van der Waals surface area contributed by atoms with Gasteiger partial charge < -0.3 is 10.5 Å². The lowest BCUT2D eigenvalue weighted by Crippen LogP contribution is -2.28. The van der Waals surface area contributed by atoms with E-state index in [0.717, 1.165) is 36.6 Å². The van der Waals surface area contributed by atoms with Crippen LogP contribution in [0.15, 0.2) is 24.3 Å². The van der Waals surface area contributed by atoms with Crippen molar-refractivity contribution in [1.29, 1.82) is 0 Å². The summed E-state index contributed by atoms with van der Waals surface area (Å²) in [7, 11) is 0. The summed E-state index contributed by atoms with van der Waals surface area (Å²) in [4.78, 5) is 12.5. The molecule has 0 aromatic heterocycles. The monoisotopic (exact) mass is 397 g/mol. The van der Waals surface area contributed by atoms with Gasteiger partial charge in [-0.3, -0.25) is 0 Å². The highest BCUT2D eigenvalue weighted by Crippen LogP contribution is 2.33. The molecular formula is C22H36FNO2S. The number of nitrogens with two attached hydrogens (primary N) is 1. The molecule has 154 valence electrons. The van der Waals surface area contributed by atoms with Gasteiger partial charge in [0.05, 0.1) is 5.56 Å². The smallest absolute Gasteiger partial charge is 0.338 e. The van der Waals surface area contributed by atoms with Crippen LogP contribution in [0.5, 0.6) is 0 Å². The minimum atomic E-state index is -1.20. The maximum Gasteiger partial charge on any atom is 0.338 e. The molecule has 2 N–H and O–H groups in total. The van der Waals surface area contributed by atoms with E-state index in [4.69, 9.17) is 10.5 Å². The van der Waals surface area contributed by atoms with Crippen molar-refractivity contribution in [1.82, 2.24) is 0 Å². The van der Waals surface area contributed by atoms with Gasteiger partial charge in [0, 0.05) is 6.04 Å². The first kappa shape index (κ1) is 24.0. The van der Waals surface area contributed by atoms with E-state index < -0.39 is 17.6 Å². The third-order valence-electron chi connectivity index (χ3n) is 4.66. The highest BCUT2D eigenvalue weighted by Gasteiger charge is 2.26. The number of ether oxygens (including phenoxy) is 1. The van der Waals surface area contributed by atoms with Crippen LogP contribution in [0.2, 0.25) is 0 Å². The number of thioether (sulfide) groups is 1. The average molecular weight is 398 g/mol. The van der Waals surface area contributed by atoms with Crippen LogP contribution >= 0.6 is 11.8 Å². The summed E-state index contributed by atoms with van der Waals surface area (Å²) in [5, 5.41) is 0. The van der Waals surface area contributed by atoms with E-state index in [-0.39, 0.29) is 17.4 Å². The van der Waals surface area contributed by atoms with E-state index in [1.54, 1.807) is 18.4 Å². The van der Waals surface area contributed by atoms with Crippen LogP contribution in [0.25, 0.3) is 0 Å². The second-order valence-corrected chi connectivity index (χ2v) is 9.45. The van der Waals surface area contributed by atoms with Crippen LogP contribution in [0, 0.1) is 5.41 Å². The fraction of sp³-hybridized carbons (Fsp3) is 0.682. The zero-order chi connectivity index (χ0) is 20.6. The van der Waals surface area contributed by atoms with Crippen LogP contribution in [-0.4, -0.2) is 29.9 Å². The largest absolute Gasteiger partial charge is 0.455 e. The lowest BCUT2D eigenvalue weighted by Gasteiger charge is -2.29. The lowest BCUT2D eigenvalue weighted by molar-refractivity contribution is 0.0168. The highest BCUT2D eigenvalue weighted by atomic mass is 32.2. The van der Waals surface area contributed by atoms with Crippen LogP contribution in [0.4, 0.5) is 4.39 Å². The van der Waals surface area contributed by atoms with Crippen LogP contribution in [0.3, 0.4) is 0 Å². The molecule has 4 atom stereocenters. The molecule has 5 heteroatoms. The topological polar surface area (TPSA) is 52.3 Å². The molecule has 0 saturated heterocycles. The number of carbonyl (C=O) groups excluding carboxylic acids is 1. The summed E-state index contributed by atoms with van der Waals surface area (Å²) in [6, 6.07) is 7.43. The number of carbonyl (C=O) groups is 1. The summed E-state index contributed by atoms with van der Waals surface area (Å²) in [5.74, 6) is -0.244. The predicted molar refractivity (Wildman–Crippen MR) is 114 cm³/mol. The van der Waals surface area contributed by atoms with Gasteiger partial charge in [0.25, 0.3) is 0 Å². The minimum Gasteiger partial charge on any atom is -0.455 e. The van der Waals surface area contributed by atoms with Crippen molar-refractivity contribution in [2.24, 2.45) is 11.1 Å². The normalized spacial score (nSPS) is 16.4. The number of benzene rings is 1. The molecule has 3 nitrogen and oxygen atoms in total. The summed E-state index contributed by atoms with van der Waals surface area (Å²) < 4.78 is 19.5. The maximum absolute atomic E-state index is 14.1. The molecule has 4 unspecified atom stereocenters. The Morgan fingerprint density at radius 3 is 2.30 bits per heavy atom. The zero-order valence-corrected chi connectivity index (χ0v) is 18.4. The van der Waals surface area contributed by atoms with Gasteiger partial charge in [-0.05, 0) is 61.5 Å². The first-order valence-corrected chi connectivity index (χ1v) is 11.1. The Morgan fingerprint density at radius 2 is 1.85 bits per heavy atom. The Kier molecular flexibility index (Phi) is 9.82. The van der Waals surface area contributed by atoms with Crippen LogP contribution in [-0.2, 0) is 4.74 Å². The number of esters is 1. The molecule has 0 bridgehead atoms. The van der Waals surface area contributed by atoms with Gasteiger partial charge in [-0.15, -0.1) is 11.8 Å². The predicted octanol–water partition coefficient (Wildman–Crippen LogP) is 5.93. The van der Waals surface area contributed by atoms with Crippen LogP contribution in [0.1, 0.15) is 82.1 Å². The van der Waals surface area contributed by atoms with Gasteiger partial charge in [-0.25, -0.2) is 9.18 Å². The molecule has 0 aliphatic carbocycles. The van der Waals surface area contributed by atoms with Gasteiger partial charge >= 0.3 is 5.97 Å². The van der Waals surface area contributed by atoms with Gasteiger partial charge in [-0.1, -0.05) is 46.2 Å². The molecule has 0 saturated carbocycles. The van der Waals surface area contributed by atoms with E-state index in [1.807, 2.05) is 26.0 Å². The molecule has 0 heterocycles. The molecular weight excluding hydrogens is 361 g/mol.